The van der Waals surface area contributed by atoms with Gasteiger partial charge >= 0.3 is 0 Å². The highest BCUT2D eigenvalue weighted by molar-refractivity contribution is 5.25. The summed E-state index contributed by atoms with van der Waals surface area (Å²) in [5.74, 6) is 0.883. The first-order valence-electron chi connectivity index (χ1n) is 6.73. The maximum Gasteiger partial charge on any atom is 0.132 e. The van der Waals surface area contributed by atoms with Crippen LogP contribution < -0.4 is 5.32 Å². The molecule has 0 saturated heterocycles. The summed E-state index contributed by atoms with van der Waals surface area (Å²) in [7, 11) is 0. The van der Waals surface area contributed by atoms with Crippen molar-refractivity contribution in [2.75, 3.05) is 0 Å². The van der Waals surface area contributed by atoms with Crippen LogP contribution in [0.15, 0.2) is 36.5 Å². The molecule has 19 heavy (non-hydrogen) atoms. The fourth-order valence-electron chi connectivity index (χ4n) is 1.94. The van der Waals surface area contributed by atoms with Crippen molar-refractivity contribution in [3.63, 3.8) is 0 Å². The molecule has 1 aromatic heterocycles. The standard InChI is InChI=1S/C16H21N3/c1-12(2)18-11-15-7-8-17-16(19-15)10-14-6-4-5-13(3)9-14/h4-9,12,18H,10-11H2,1-3H3. The lowest BCUT2D eigenvalue weighted by Crippen LogP contribution is -2.22. The Hall–Kier alpha value is -1.74. The van der Waals surface area contributed by atoms with E-state index in [4.69, 9.17) is 0 Å². The molecule has 3 heteroatoms. The van der Waals surface area contributed by atoms with E-state index in [2.05, 4.69) is 60.3 Å². The Morgan fingerprint density at radius 1 is 1.21 bits per heavy atom. The summed E-state index contributed by atoms with van der Waals surface area (Å²) < 4.78 is 0. The van der Waals surface area contributed by atoms with Crippen LogP contribution in [0.4, 0.5) is 0 Å². The van der Waals surface area contributed by atoms with E-state index in [1.54, 1.807) is 0 Å². The quantitative estimate of drug-likeness (QED) is 0.892. The number of hydrogen-bond donors (Lipinski definition) is 1. The first kappa shape index (κ1) is 13.7. The normalized spacial score (nSPS) is 10.9. The lowest BCUT2D eigenvalue weighted by atomic mass is 10.1. The molecule has 0 amide bonds. The second kappa shape index (κ2) is 6.43. The molecule has 0 unspecified atom stereocenters. The highest BCUT2D eigenvalue weighted by Crippen LogP contribution is 2.08. The Bertz CT molecular complexity index is 535. The van der Waals surface area contributed by atoms with Gasteiger partial charge in [0.1, 0.15) is 5.82 Å². The molecule has 2 rings (SSSR count). The van der Waals surface area contributed by atoms with Crippen molar-refractivity contribution in [2.45, 2.75) is 39.8 Å². The predicted octanol–water partition coefficient (Wildman–Crippen LogP) is 2.87. The van der Waals surface area contributed by atoms with Gasteiger partial charge in [-0.15, -0.1) is 0 Å². The van der Waals surface area contributed by atoms with E-state index in [-0.39, 0.29) is 0 Å². The van der Waals surface area contributed by atoms with E-state index in [9.17, 15) is 0 Å². The molecule has 0 bridgehead atoms. The van der Waals surface area contributed by atoms with Crippen LogP contribution in [0.2, 0.25) is 0 Å². The van der Waals surface area contributed by atoms with Crippen LogP contribution in [-0.2, 0) is 13.0 Å². The van der Waals surface area contributed by atoms with E-state index >= 15 is 0 Å². The molecule has 1 aromatic carbocycles. The molecule has 3 nitrogen and oxygen atoms in total. The van der Waals surface area contributed by atoms with Gasteiger partial charge in [-0.1, -0.05) is 43.7 Å². The highest BCUT2D eigenvalue weighted by atomic mass is 14.9. The minimum Gasteiger partial charge on any atom is -0.309 e. The van der Waals surface area contributed by atoms with Crippen molar-refractivity contribution in [3.8, 4) is 0 Å². The second-order valence-electron chi connectivity index (χ2n) is 5.17. The van der Waals surface area contributed by atoms with Crippen LogP contribution in [0.25, 0.3) is 0 Å². The Labute approximate surface area is 115 Å². The zero-order valence-electron chi connectivity index (χ0n) is 11.9. The van der Waals surface area contributed by atoms with Gasteiger partial charge in [-0.25, -0.2) is 9.97 Å². The number of aryl methyl sites for hydroxylation is 1. The third kappa shape index (κ3) is 4.45. The van der Waals surface area contributed by atoms with Crippen LogP contribution in [0.5, 0.6) is 0 Å². The lowest BCUT2D eigenvalue weighted by Gasteiger charge is -2.08. The molecule has 100 valence electrons. The van der Waals surface area contributed by atoms with Gasteiger partial charge in [0.25, 0.3) is 0 Å². The molecule has 0 aliphatic carbocycles. The fraction of sp³-hybridized carbons (Fsp3) is 0.375. The van der Waals surface area contributed by atoms with Gasteiger partial charge in [-0.2, -0.15) is 0 Å². The maximum absolute atomic E-state index is 4.60. The van der Waals surface area contributed by atoms with Crippen molar-refractivity contribution >= 4 is 0 Å². The molecule has 0 spiro atoms. The van der Waals surface area contributed by atoms with Crippen molar-refractivity contribution in [2.24, 2.45) is 0 Å². The number of benzene rings is 1. The fourth-order valence-corrected chi connectivity index (χ4v) is 1.94. The molecule has 0 fully saturated rings. The molecule has 0 aliphatic heterocycles. The first-order valence-corrected chi connectivity index (χ1v) is 6.73. The number of nitrogens with one attached hydrogen (secondary N) is 1. The SMILES string of the molecule is Cc1cccc(Cc2nccc(CNC(C)C)n2)c1. The lowest BCUT2D eigenvalue weighted by molar-refractivity contribution is 0.579. The molecular weight excluding hydrogens is 234 g/mol. The summed E-state index contributed by atoms with van der Waals surface area (Å²) in [4.78, 5) is 8.95. The number of nitrogens with zero attached hydrogens (tertiary/aromatic N) is 2. The highest BCUT2D eigenvalue weighted by Gasteiger charge is 2.02. The predicted molar refractivity (Wildman–Crippen MR) is 78.0 cm³/mol. The summed E-state index contributed by atoms with van der Waals surface area (Å²) >= 11 is 0. The van der Waals surface area contributed by atoms with E-state index in [1.165, 1.54) is 11.1 Å². The van der Waals surface area contributed by atoms with Crippen LogP contribution >= 0.6 is 0 Å². The van der Waals surface area contributed by atoms with Crippen molar-refractivity contribution in [3.05, 3.63) is 59.2 Å². The second-order valence-corrected chi connectivity index (χ2v) is 5.17. The Morgan fingerprint density at radius 3 is 2.79 bits per heavy atom. The summed E-state index contributed by atoms with van der Waals surface area (Å²) in [6.07, 6.45) is 2.63. The van der Waals surface area contributed by atoms with Gasteiger partial charge in [-0.05, 0) is 18.6 Å². The van der Waals surface area contributed by atoms with Crippen LogP contribution in [0.3, 0.4) is 0 Å². The van der Waals surface area contributed by atoms with Crippen LogP contribution in [0.1, 0.15) is 36.5 Å². The molecule has 2 aromatic rings. The number of hydrogen-bond acceptors (Lipinski definition) is 3. The van der Waals surface area contributed by atoms with Crippen LogP contribution in [-0.4, -0.2) is 16.0 Å². The number of rotatable bonds is 5. The molecule has 0 radical (unpaired) electrons. The molecule has 1 N–H and O–H groups in total. The van der Waals surface area contributed by atoms with E-state index in [0.717, 1.165) is 24.5 Å². The maximum atomic E-state index is 4.60. The van der Waals surface area contributed by atoms with E-state index in [1.807, 2.05) is 12.3 Å². The molecule has 0 aliphatic rings. The molecule has 0 saturated carbocycles. The average molecular weight is 255 g/mol. The molecule has 1 heterocycles. The van der Waals surface area contributed by atoms with Gasteiger partial charge < -0.3 is 5.32 Å². The third-order valence-corrected chi connectivity index (χ3v) is 2.90. The average Bonchev–Trinajstić information content (AvgIpc) is 2.37. The van der Waals surface area contributed by atoms with Gasteiger partial charge in [-0.3, -0.25) is 0 Å². The summed E-state index contributed by atoms with van der Waals surface area (Å²) in [5, 5.41) is 3.37. The van der Waals surface area contributed by atoms with Crippen LogP contribution in [0, 0.1) is 6.92 Å². The summed E-state index contributed by atoms with van der Waals surface area (Å²) in [5.41, 5.74) is 3.58. The Balaban J connectivity index is 2.06. The zero-order valence-corrected chi connectivity index (χ0v) is 11.9. The van der Waals surface area contributed by atoms with E-state index in [0.29, 0.717) is 6.04 Å². The smallest absolute Gasteiger partial charge is 0.132 e. The van der Waals surface area contributed by atoms with Gasteiger partial charge in [0.05, 0.1) is 5.69 Å². The molecule has 0 atom stereocenters. The topological polar surface area (TPSA) is 37.8 Å². The van der Waals surface area contributed by atoms with Crippen molar-refractivity contribution < 1.29 is 0 Å². The zero-order chi connectivity index (χ0) is 13.7. The molecular formula is C16H21N3. The Morgan fingerprint density at radius 2 is 2.05 bits per heavy atom. The minimum atomic E-state index is 0.468. The summed E-state index contributed by atoms with van der Waals surface area (Å²) in [6, 6.07) is 10.9. The van der Waals surface area contributed by atoms with Crippen molar-refractivity contribution in [1.29, 1.82) is 0 Å². The Kier molecular flexibility index (Phi) is 4.63. The third-order valence-electron chi connectivity index (χ3n) is 2.90. The van der Waals surface area contributed by atoms with Crippen molar-refractivity contribution in [1.82, 2.24) is 15.3 Å². The van der Waals surface area contributed by atoms with Gasteiger partial charge in [0.15, 0.2) is 0 Å². The van der Waals surface area contributed by atoms with Gasteiger partial charge in [0, 0.05) is 25.2 Å². The first-order chi connectivity index (χ1) is 9.13. The summed E-state index contributed by atoms with van der Waals surface area (Å²) in [6.45, 7) is 7.16. The largest absolute Gasteiger partial charge is 0.309 e. The van der Waals surface area contributed by atoms with Gasteiger partial charge in [0.2, 0.25) is 0 Å². The monoisotopic (exact) mass is 255 g/mol. The van der Waals surface area contributed by atoms with E-state index < -0.39 is 0 Å². The minimum absolute atomic E-state index is 0.468. The number of aromatic nitrogens is 2.